The Balaban J connectivity index is 1.88. The summed E-state index contributed by atoms with van der Waals surface area (Å²) in [5.41, 5.74) is 1.45. The van der Waals surface area contributed by atoms with Gasteiger partial charge in [-0.25, -0.2) is 4.98 Å². The van der Waals surface area contributed by atoms with Crippen LogP contribution in [-0.2, 0) is 0 Å². The van der Waals surface area contributed by atoms with Crippen LogP contribution in [0, 0.1) is 0 Å². The van der Waals surface area contributed by atoms with Crippen molar-refractivity contribution in [3.63, 3.8) is 0 Å². The molecule has 30 heavy (non-hydrogen) atoms. The summed E-state index contributed by atoms with van der Waals surface area (Å²) in [6.07, 6.45) is 0.945. The molecule has 1 aromatic heterocycles. The summed E-state index contributed by atoms with van der Waals surface area (Å²) in [6.45, 7) is 5.45. The molecular weight excluding hydrogens is 398 g/mol. The summed E-state index contributed by atoms with van der Waals surface area (Å²) >= 11 is 1.52. The van der Waals surface area contributed by atoms with Crippen LogP contribution in [0.4, 0.5) is 5.13 Å². The Labute approximate surface area is 182 Å². The van der Waals surface area contributed by atoms with Gasteiger partial charge < -0.3 is 14.4 Å². The zero-order valence-electron chi connectivity index (χ0n) is 18.2. The van der Waals surface area contributed by atoms with Gasteiger partial charge in [0.05, 0.1) is 23.4 Å². The highest BCUT2D eigenvalue weighted by molar-refractivity contribution is 7.22. The van der Waals surface area contributed by atoms with Gasteiger partial charge in [-0.2, -0.15) is 0 Å². The van der Waals surface area contributed by atoms with E-state index in [0.29, 0.717) is 17.2 Å². The van der Waals surface area contributed by atoms with Gasteiger partial charge in [-0.15, -0.1) is 0 Å². The number of amides is 1. The first kappa shape index (κ1) is 22.1. The monoisotopic (exact) mass is 427 g/mol. The second-order valence-electron chi connectivity index (χ2n) is 7.63. The number of methoxy groups -OCH3 is 1. The first-order chi connectivity index (χ1) is 14.4. The van der Waals surface area contributed by atoms with Crippen molar-refractivity contribution in [2.75, 3.05) is 39.2 Å². The van der Waals surface area contributed by atoms with Crippen molar-refractivity contribution in [3.05, 3.63) is 48.0 Å². The van der Waals surface area contributed by atoms with Gasteiger partial charge in [0, 0.05) is 18.2 Å². The van der Waals surface area contributed by atoms with Crippen LogP contribution in [0.25, 0.3) is 10.2 Å². The lowest BCUT2D eigenvalue weighted by atomic mass is 10.2. The molecule has 0 bridgehead atoms. The molecule has 0 atom stereocenters. The van der Waals surface area contributed by atoms with Gasteiger partial charge in [0.25, 0.3) is 5.91 Å². The molecule has 0 aliphatic heterocycles. The standard InChI is InChI=1S/C23H29N3O3S/c1-16(2)29-18-9-7-17(8-10-18)22(27)26(14-6-13-25(3)4)23-24-20-15-19(28-5)11-12-21(20)30-23/h7-12,15-16H,6,13-14H2,1-5H3. The Morgan fingerprint density at radius 1 is 1.07 bits per heavy atom. The van der Waals surface area contributed by atoms with Gasteiger partial charge in [0.15, 0.2) is 5.13 Å². The largest absolute Gasteiger partial charge is 0.497 e. The highest BCUT2D eigenvalue weighted by Gasteiger charge is 2.21. The molecule has 0 saturated carbocycles. The Bertz CT molecular complexity index is 983. The number of anilines is 1. The Kier molecular flexibility index (Phi) is 7.29. The van der Waals surface area contributed by atoms with Gasteiger partial charge in [-0.05, 0) is 77.3 Å². The fourth-order valence-electron chi connectivity index (χ4n) is 3.07. The predicted octanol–water partition coefficient (Wildman–Crippen LogP) is 4.69. The smallest absolute Gasteiger partial charge is 0.260 e. The van der Waals surface area contributed by atoms with E-state index in [-0.39, 0.29) is 12.0 Å². The van der Waals surface area contributed by atoms with Crippen LogP contribution in [0.5, 0.6) is 11.5 Å². The summed E-state index contributed by atoms with van der Waals surface area (Å²) in [5.74, 6) is 1.45. The first-order valence-corrected chi connectivity index (χ1v) is 10.9. The van der Waals surface area contributed by atoms with Crippen LogP contribution in [0.1, 0.15) is 30.6 Å². The molecule has 0 spiro atoms. The third-order valence-corrected chi connectivity index (χ3v) is 5.58. The van der Waals surface area contributed by atoms with E-state index < -0.39 is 0 Å². The van der Waals surface area contributed by atoms with Crippen LogP contribution in [0.2, 0.25) is 0 Å². The highest BCUT2D eigenvalue weighted by Crippen LogP contribution is 2.32. The summed E-state index contributed by atoms with van der Waals surface area (Å²) in [4.78, 5) is 22.0. The molecule has 160 valence electrons. The minimum atomic E-state index is -0.0594. The summed E-state index contributed by atoms with van der Waals surface area (Å²) in [7, 11) is 5.70. The zero-order chi connectivity index (χ0) is 21.7. The molecular formula is C23H29N3O3S. The van der Waals surface area contributed by atoms with E-state index in [1.807, 2.05) is 70.4 Å². The fraction of sp³-hybridized carbons (Fsp3) is 0.391. The van der Waals surface area contributed by atoms with Crippen molar-refractivity contribution >= 4 is 32.6 Å². The van der Waals surface area contributed by atoms with E-state index in [1.165, 1.54) is 11.3 Å². The molecule has 6 nitrogen and oxygen atoms in total. The summed E-state index contributed by atoms with van der Waals surface area (Å²) in [6, 6.07) is 13.1. The second kappa shape index (κ2) is 9.91. The predicted molar refractivity (Wildman–Crippen MR) is 123 cm³/mol. The normalized spacial score (nSPS) is 11.3. The third kappa shape index (κ3) is 5.49. The number of hydrogen-bond donors (Lipinski definition) is 0. The maximum Gasteiger partial charge on any atom is 0.260 e. The lowest BCUT2D eigenvalue weighted by Gasteiger charge is -2.21. The lowest BCUT2D eigenvalue weighted by molar-refractivity contribution is 0.0986. The van der Waals surface area contributed by atoms with Crippen LogP contribution < -0.4 is 14.4 Å². The van der Waals surface area contributed by atoms with Gasteiger partial charge in [-0.3, -0.25) is 9.69 Å². The summed E-state index contributed by atoms with van der Waals surface area (Å²) < 4.78 is 12.0. The SMILES string of the molecule is COc1ccc2sc(N(CCCN(C)C)C(=O)c3ccc(OC(C)C)cc3)nc2c1. The van der Waals surface area contributed by atoms with E-state index in [9.17, 15) is 4.79 Å². The molecule has 0 unspecified atom stereocenters. The van der Waals surface area contributed by atoms with Crippen LogP contribution in [0.3, 0.4) is 0 Å². The molecule has 3 aromatic rings. The number of fused-ring (bicyclic) bond motifs is 1. The van der Waals surface area contributed by atoms with Crippen molar-refractivity contribution in [1.29, 1.82) is 0 Å². The number of rotatable bonds is 9. The van der Waals surface area contributed by atoms with Gasteiger partial charge >= 0.3 is 0 Å². The number of hydrogen-bond acceptors (Lipinski definition) is 6. The fourth-order valence-corrected chi connectivity index (χ4v) is 4.04. The topological polar surface area (TPSA) is 54.9 Å². The van der Waals surface area contributed by atoms with Gasteiger partial charge in [-0.1, -0.05) is 11.3 Å². The highest BCUT2D eigenvalue weighted by atomic mass is 32.1. The molecule has 7 heteroatoms. The van der Waals surface area contributed by atoms with Crippen molar-refractivity contribution in [2.24, 2.45) is 0 Å². The molecule has 0 saturated heterocycles. The Morgan fingerprint density at radius 3 is 2.40 bits per heavy atom. The van der Waals surface area contributed by atoms with E-state index in [1.54, 1.807) is 12.0 Å². The summed E-state index contributed by atoms with van der Waals surface area (Å²) in [5, 5.41) is 0.699. The number of nitrogens with zero attached hydrogens (tertiary/aromatic N) is 3. The van der Waals surface area contributed by atoms with Crippen molar-refractivity contribution in [3.8, 4) is 11.5 Å². The van der Waals surface area contributed by atoms with Crippen molar-refractivity contribution in [2.45, 2.75) is 26.4 Å². The van der Waals surface area contributed by atoms with Crippen LogP contribution >= 0.6 is 11.3 Å². The molecule has 2 aromatic carbocycles. The molecule has 0 aliphatic rings. The van der Waals surface area contributed by atoms with E-state index in [2.05, 4.69) is 4.90 Å². The maximum atomic E-state index is 13.4. The van der Waals surface area contributed by atoms with E-state index >= 15 is 0 Å². The average molecular weight is 428 g/mol. The maximum absolute atomic E-state index is 13.4. The van der Waals surface area contributed by atoms with Crippen molar-refractivity contribution < 1.29 is 14.3 Å². The minimum absolute atomic E-state index is 0.0594. The number of ether oxygens (including phenoxy) is 2. The number of benzene rings is 2. The number of carbonyl (C=O) groups is 1. The molecule has 0 radical (unpaired) electrons. The molecule has 1 amide bonds. The molecule has 0 N–H and O–H groups in total. The molecule has 0 fully saturated rings. The molecule has 1 heterocycles. The van der Waals surface area contributed by atoms with Crippen molar-refractivity contribution in [1.82, 2.24) is 9.88 Å². The van der Waals surface area contributed by atoms with Gasteiger partial charge in [0.1, 0.15) is 11.5 Å². The Morgan fingerprint density at radius 2 is 1.77 bits per heavy atom. The number of thiazole rings is 1. The first-order valence-electron chi connectivity index (χ1n) is 10.0. The minimum Gasteiger partial charge on any atom is -0.497 e. The second-order valence-corrected chi connectivity index (χ2v) is 8.64. The lowest BCUT2D eigenvalue weighted by Crippen LogP contribution is -2.33. The third-order valence-electron chi connectivity index (χ3n) is 4.52. The number of aromatic nitrogens is 1. The zero-order valence-corrected chi connectivity index (χ0v) is 19.0. The van der Waals surface area contributed by atoms with Crippen LogP contribution in [0.15, 0.2) is 42.5 Å². The average Bonchev–Trinajstić information content (AvgIpc) is 3.13. The number of carbonyl (C=O) groups excluding carboxylic acids is 1. The van der Waals surface area contributed by atoms with Crippen LogP contribution in [-0.4, -0.2) is 56.2 Å². The van der Waals surface area contributed by atoms with E-state index in [4.69, 9.17) is 14.5 Å². The van der Waals surface area contributed by atoms with Gasteiger partial charge in [0.2, 0.25) is 0 Å². The Hall–Kier alpha value is -2.64. The quantitative estimate of drug-likeness (QED) is 0.496. The molecule has 3 rings (SSSR count). The van der Waals surface area contributed by atoms with E-state index in [0.717, 1.165) is 34.7 Å². The molecule has 0 aliphatic carbocycles.